The van der Waals surface area contributed by atoms with Crippen LogP contribution in [0.1, 0.15) is 5.56 Å². The maximum atomic E-state index is 12.4. The van der Waals surface area contributed by atoms with Crippen LogP contribution in [-0.4, -0.2) is 26.4 Å². The van der Waals surface area contributed by atoms with Gasteiger partial charge < -0.3 is 14.2 Å². The van der Waals surface area contributed by atoms with E-state index in [4.69, 9.17) is 19.0 Å². The monoisotopic (exact) mass is 315 g/mol. The summed E-state index contributed by atoms with van der Waals surface area (Å²) in [6, 6.07) is 14.7. The topological polar surface area (TPSA) is 57.2 Å². The maximum absolute atomic E-state index is 12.4. The lowest BCUT2D eigenvalue weighted by Crippen LogP contribution is -2.46. The molecule has 1 unspecified atom stereocenters. The second-order valence-corrected chi connectivity index (χ2v) is 4.90. The van der Waals surface area contributed by atoms with Gasteiger partial charge >= 0.3 is 5.91 Å². The van der Waals surface area contributed by atoms with Crippen LogP contribution in [0.2, 0.25) is 0 Å². The first kappa shape index (κ1) is 15.3. The number of anilines is 1. The third kappa shape index (κ3) is 3.13. The molecule has 6 nitrogen and oxygen atoms in total. The first-order valence-electron chi connectivity index (χ1n) is 7.11. The Bertz CT molecular complexity index is 689. The Morgan fingerprint density at radius 3 is 2.61 bits per heavy atom. The molecular formula is C17H17NO5. The Balaban J connectivity index is 1.80. The number of hydrogen-bond donors (Lipinski definition) is 0. The van der Waals surface area contributed by atoms with Crippen LogP contribution in [0.25, 0.3) is 0 Å². The van der Waals surface area contributed by atoms with Crippen LogP contribution in [0, 0.1) is 0 Å². The minimum Gasteiger partial charge on any atom is -0.497 e. The van der Waals surface area contributed by atoms with Crippen molar-refractivity contribution in [2.24, 2.45) is 0 Å². The number of fused-ring (bicyclic) bond motifs is 1. The molecule has 23 heavy (non-hydrogen) atoms. The number of hydroxylamine groups is 1. The quantitative estimate of drug-likeness (QED) is 0.848. The summed E-state index contributed by atoms with van der Waals surface area (Å²) in [7, 11) is 2.98. The molecule has 0 saturated heterocycles. The van der Waals surface area contributed by atoms with E-state index in [1.165, 1.54) is 7.11 Å². The molecule has 1 aliphatic rings. The molecule has 2 aromatic rings. The summed E-state index contributed by atoms with van der Waals surface area (Å²) in [6.45, 7) is 0.258. The average Bonchev–Trinajstić information content (AvgIpc) is 2.60. The van der Waals surface area contributed by atoms with Crippen molar-refractivity contribution in [3.63, 3.8) is 0 Å². The minimum atomic E-state index is -1.07. The molecule has 6 heteroatoms. The molecule has 0 aromatic heterocycles. The van der Waals surface area contributed by atoms with Crippen LogP contribution in [-0.2, 0) is 21.0 Å². The number of nitrogens with zero attached hydrogens (tertiary/aromatic N) is 1. The van der Waals surface area contributed by atoms with Crippen molar-refractivity contribution in [2.45, 2.75) is 12.9 Å². The van der Waals surface area contributed by atoms with Crippen LogP contribution in [0.3, 0.4) is 0 Å². The number of benzene rings is 2. The van der Waals surface area contributed by atoms with E-state index in [0.717, 1.165) is 10.6 Å². The molecule has 0 saturated carbocycles. The number of hydrogen-bond acceptors (Lipinski definition) is 5. The van der Waals surface area contributed by atoms with Crippen molar-refractivity contribution in [3.05, 3.63) is 54.1 Å². The molecular weight excluding hydrogens is 298 g/mol. The molecule has 3 rings (SSSR count). The molecule has 0 spiro atoms. The van der Waals surface area contributed by atoms with Gasteiger partial charge in [-0.25, -0.2) is 0 Å². The second kappa shape index (κ2) is 6.68. The van der Waals surface area contributed by atoms with Gasteiger partial charge in [0, 0.05) is 6.07 Å². The lowest BCUT2D eigenvalue weighted by molar-refractivity contribution is -0.161. The molecule has 120 valence electrons. The zero-order valence-electron chi connectivity index (χ0n) is 12.9. The number of carbonyl (C=O) groups is 1. The van der Waals surface area contributed by atoms with Gasteiger partial charge in [-0.3, -0.25) is 9.63 Å². The highest BCUT2D eigenvalue weighted by Crippen LogP contribution is 2.37. The van der Waals surface area contributed by atoms with Crippen molar-refractivity contribution in [1.29, 1.82) is 0 Å². The molecule has 0 radical (unpaired) electrons. The van der Waals surface area contributed by atoms with Crippen LogP contribution in [0.15, 0.2) is 48.5 Å². The fourth-order valence-corrected chi connectivity index (χ4v) is 2.30. The van der Waals surface area contributed by atoms with Gasteiger partial charge in [-0.05, 0) is 17.7 Å². The summed E-state index contributed by atoms with van der Waals surface area (Å²) in [4.78, 5) is 17.6. The third-order valence-corrected chi connectivity index (χ3v) is 3.45. The van der Waals surface area contributed by atoms with E-state index >= 15 is 0 Å². The molecule has 0 fully saturated rings. The highest BCUT2D eigenvalue weighted by molar-refractivity contribution is 5.97. The Kier molecular flexibility index (Phi) is 4.45. The predicted octanol–water partition coefficient (Wildman–Crippen LogP) is 2.52. The fraction of sp³-hybridized carbons (Fsp3) is 0.235. The normalized spacial score (nSPS) is 16.7. The Morgan fingerprint density at radius 1 is 1.13 bits per heavy atom. The van der Waals surface area contributed by atoms with Crippen molar-refractivity contribution >= 4 is 11.6 Å². The van der Waals surface area contributed by atoms with Gasteiger partial charge in [0.05, 0.1) is 20.8 Å². The molecule has 0 aliphatic carbocycles. The van der Waals surface area contributed by atoms with Gasteiger partial charge in [0.2, 0.25) is 0 Å². The van der Waals surface area contributed by atoms with Crippen LogP contribution in [0.5, 0.6) is 11.5 Å². The molecule has 1 aliphatic heterocycles. The molecule has 1 heterocycles. The fourth-order valence-electron chi connectivity index (χ4n) is 2.30. The molecule has 2 aromatic carbocycles. The molecule has 1 amide bonds. The van der Waals surface area contributed by atoms with Gasteiger partial charge in [-0.2, -0.15) is 5.06 Å². The van der Waals surface area contributed by atoms with Crippen molar-refractivity contribution in [3.8, 4) is 11.5 Å². The smallest absolute Gasteiger partial charge is 0.320 e. The van der Waals surface area contributed by atoms with Crippen LogP contribution in [0.4, 0.5) is 5.69 Å². The van der Waals surface area contributed by atoms with Crippen molar-refractivity contribution in [1.82, 2.24) is 0 Å². The highest BCUT2D eigenvalue weighted by atomic mass is 16.7. The lowest BCUT2D eigenvalue weighted by Gasteiger charge is -2.32. The van der Waals surface area contributed by atoms with Crippen molar-refractivity contribution in [2.75, 3.05) is 19.3 Å². The SMILES string of the molecule is COc1ccc2c(c1)OC(OCc1ccccc1)C(=O)N2OC. The number of rotatable bonds is 5. The Labute approximate surface area is 134 Å². The van der Waals surface area contributed by atoms with Crippen LogP contribution < -0.4 is 14.5 Å². The van der Waals surface area contributed by atoms with Gasteiger partial charge in [-0.1, -0.05) is 30.3 Å². The van der Waals surface area contributed by atoms with Gasteiger partial charge in [-0.15, -0.1) is 0 Å². The van der Waals surface area contributed by atoms with E-state index in [1.54, 1.807) is 25.3 Å². The number of carbonyl (C=O) groups excluding carboxylic acids is 1. The summed E-state index contributed by atoms with van der Waals surface area (Å²) in [6.07, 6.45) is -1.07. The first-order valence-corrected chi connectivity index (χ1v) is 7.11. The Hall–Kier alpha value is -2.57. The highest BCUT2D eigenvalue weighted by Gasteiger charge is 2.36. The van der Waals surface area contributed by atoms with Crippen molar-refractivity contribution < 1.29 is 23.8 Å². The average molecular weight is 315 g/mol. The number of ether oxygens (including phenoxy) is 3. The standard InChI is InChI=1S/C17H17NO5/c1-20-13-8-9-14-15(10-13)23-17(16(19)18(14)21-2)22-11-12-6-4-3-5-7-12/h3-10,17H,11H2,1-2H3. The summed E-state index contributed by atoms with van der Waals surface area (Å²) >= 11 is 0. The van der Waals surface area contributed by atoms with E-state index in [1.807, 2.05) is 30.3 Å². The summed E-state index contributed by atoms with van der Waals surface area (Å²) in [5.74, 6) is 0.668. The van der Waals surface area contributed by atoms with Crippen LogP contribution >= 0.6 is 0 Å². The minimum absolute atomic E-state index is 0.258. The Morgan fingerprint density at radius 2 is 1.91 bits per heavy atom. The first-order chi connectivity index (χ1) is 11.2. The number of amides is 1. The predicted molar refractivity (Wildman–Crippen MR) is 83.1 cm³/mol. The maximum Gasteiger partial charge on any atom is 0.320 e. The summed E-state index contributed by atoms with van der Waals surface area (Å²) in [5.41, 5.74) is 1.46. The zero-order valence-corrected chi connectivity index (χ0v) is 12.9. The zero-order chi connectivity index (χ0) is 16.2. The summed E-state index contributed by atoms with van der Waals surface area (Å²) in [5, 5.41) is 1.16. The van der Waals surface area contributed by atoms with Gasteiger partial charge in [0.25, 0.3) is 6.29 Å². The molecule has 1 atom stereocenters. The van der Waals surface area contributed by atoms with E-state index in [9.17, 15) is 4.79 Å². The van der Waals surface area contributed by atoms with Gasteiger partial charge in [0.1, 0.15) is 11.4 Å². The van der Waals surface area contributed by atoms with E-state index < -0.39 is 12.2 Å². The van der Waals surface area contributed by atoms with E-state index in [0.29, 0.717) is 17.2 Å². The third-order valence-electron chi connectivity index (χ3n) is 3.45. The lowest BCUT2D eigenvalue weighted by atomic mass is 10.2. The second-order valence-electron chi connectivity index (χ2n) is 4.90. The van der Waals surface area contributed by atoms with Gasteiger partial charge in [0.15, 0.2) is 5.75 Å². The molecule has 0 bridgehead atoms. The largest absolute Gasteiger partial charge is 0.497 e. The molecule has 0 N–H and O–H groups in total. The number of methoxy groups -OCH3 is 1. The summed E-state index contributed by atoms with van der Waals surface area (Å²) < 4.78 is 16.5. The van der Waals surface area contributed by atoms with E-state index in [2.05, 4.69) is 0 Å². The van der Waals surface area contributed by atoms with E-state index in [-0.39, 0.29) is 6.61 Å².